The van der Waals surface area contributed by atoms with Crippen molar-refractivity contribution in [2.75, 3.05) is 25.0 Å². The van der Waals surface area contributed by atoms with Crippen LogP contribution in [0.3, 0.4) is 0 Å². The maximum atomic E-state index is 11.8. The molecule has 0 aliphatic carbocycles. The molecule has 98 valence electrons. The predicted molar refractivity (Wildman–Crippen MR) is 68.9 cm³/mol. The number of anilines is 1. The van der Waals surface area contributed by atoms with Crippen LogP contribution in [0.5, 0.6) is 0 Å². The SMILES string of the molecule is CC1CN(CC(=O)Nc2ncccn2)CCC1N. The van der Waals surface area contributed by atoms with E-state index in [-0.39, 0.29) is 11.9 Å². The van der Waals surface area contributed by atoms with Crippen LogP contribution in [-0.2, 0) is 4.79 Å². The molecule has 1 amide bonds. The Morgan fingerprint density at radius 1 is 1.56 bits per heavy atom. The van der Waals surface area contributed by atoms with E-state index in [4.69, 9.17) is 5.73 Å². The van der Waals surface area contributed by atoms with Gasteiger partial charge in [0.15, 0.2) is 0 Å². The van der Waals surface area contributed by atoms with E-state index in [0.717, 1.165) is 19.5 Å². The van der Waals surface area contributed by atoms with Crippen molar-refractivity contribution in [2.24, 2.45) is 11.7 Å². The van der Waals surface area contributed by atoms with Crippen molar-refractivity contribution in [3.05, 3.63) is 18.5 Å². The number of nitrogens with zero attached hydrogens (tertiary/aromatic N) is 3. The lowest BCUT2D eigenvalue weighted by atomic mass is 9.95. The van der Waals surface area contributed by atoms with E-state index in [1.807, 2.05) is 0 Å². The topological polar surface area (TPSA) is 84.1 Å². The molecule has 6 heteroatoms. The van der Waals surface area contributed by atoms with Crippen LogP contribution in [0.1, 0.15) is 13.3 Å². The smallest absolute Gasteiger partial charge is 0.240 e. The van der Waals surface area contributed by atoms with Crippen LogP contribution in [0, 0.1) is 5.92 Å². The minimum absolute atomic E-state index is 0.0797. The van der Waals surface area contributed by atoms with Crippen LogP contribution < -0.4 is 11.1 Å². The third kappa shape index (κ3) is 3.48. The molecule has 0 bridgehead atoms. The van der Waals surface area contributed by atoms with E-state index >= 15 is 0 Å². The number of aromatic nitrogens is 2. The third-order valence-corrected chi connectivity index (χ3v) is 3.24. The molecule has 0 aromatic carbocycles. The van der Waals surface area contributed by atoms with Gasteiger partial charge in [0.25, 0.3) is 0 Å². The van der Waals surface area contributed by atoms with Gasteiger partial charge in [0.1, 0.15) is 0 Å². The predicted octanol–water partition coefficient (Wildman–Crippen LogP) is 0.0842. The number of rotatable bonds is 3. The number of carbonyl (C=O) groups is 1. The summed E-state index contributed by atoms with van der Waals surface area (Å²) in [4.78, 5) is 21.8. The lowest BCUT2D eigenvalue weighted by molar-refractivity contribution is -0.117. The van der Waals surface area contributed by atoms with Crippen LogP contribution >= 0.6 is 0 Å². The summed E-state index contributed by atoms with van der Waals surface area (Å²) in [7, 11) is 0. The first kappa shape index (κ1) is 12.9. The molecule has 1 aliphatic rings. The van der Waals surface area contributed by atoms with Crippen molar-refractivity contribution in [1.29, 1.82) is 0 Å². The highest BCUT2D eigenvalue weighted by Crippen LogP contribution is 2.14. The van der Waals surface area contributed by atoms with Crippen molar-refractivity contribution in [2.45, 2.75) is 19.4 Å². The first-order valence-electron chi connectivity index (χ1n) is 6.20. The first-order valence-corrected chi connectivity index (χ1v) is 6.20. The monoisotopic (exact) mass is 249 g/mol. The van der Waals surface area contributed by atoms with E-state index in [0.29, 0.717) is 18.4 Å². The summed E-state index contributed by atoms with van der Waals surface area (Å²) >= 11 is 0. The second-order valence-electron chi connectivity index (χ2n) is 4.79. The maximum absolute atomic E-state index is 11.8. The van der Waals surface area contributed by atoms with Gasteiger partial charge in [-0.2, -0.15) is 0 Å². The number of piperidine rings is 1. The molecule has 2 rings (SSSR count). The molecule has 0 saturated carbocycles. The summed E-state index contributed by atoms with van der Waals surface area (Å²) in [5.41, 5.74) is 5.95. The standard InChI is InChI=1S/C12H19N5O/c1-9-7-17(6-3-10(9)13)8-11(18)16-12-14-4-2-5-15-12/h2,4-5,9-10H,3,6-8,13H2,1H3,(H,14,15,16,18). The van der Waals surface area contributed by atoms with Crippen LogP contribution in [0.15, 0.2) is 18.5 Å². The van der Waals surface area contributed by atoms with Crippen molar-refractivity contribution < 1.29 is 4.79 Å². The van der Waals surface area contributed by atoms with Gasteiger partial charge in [0.05, 0.1) is 6.54 Å². The zero-order valence-corrected chi connectivity index (χ0v) is 10.5. The molecule has 1 saturated heterocycles. The molecule has 1 aromatic rings. The molecule has 0 radical (unpaired) electrons. The van der Waals surface area contributed by atoms with Crippen LogP contribution in [-0.4, -0.2) is 46.5 Å². The van der Waals surface area contributed by atoms with Gasteiger partial charge < -0.3 is 5.73 Å². The molecular weight excluding hydrogens is 230 g/mol. The summed E-state index contributed by atoms with van der Waals surface area (Å²) in [6.07, 6.45) is 4.14. The van der Waals surface area contributed by atoms with Crippen molar-refractivity contribution >= 4 is 11.9 Å². The van der Waals surface area contributed by atoms with Gasteiger partial charge in [-0.15, -0.1) is 0 Å². The van der Waals surface area contributed by atoms with Crippen molar-refractivity contribution in [3.63, 3.8) is 0 Å². The molecule has 18 heavy (non-hydrogen) atoms. The average molecular weight is 249 g/mol. The highest BCUT2D eigenvalue weighted by atomic mass is 16.2. The van der Waals surface area contributed by atoms with Crippen LogP contribution in [0.4, 0.5) is 5.95 Å². The number of nitrogens with two attached hydrogens (primary N) is 1. The summed E-state index contributed by atoms with van der Waals surface area (Å²) in [6.45, 7) is 4.23. The fourth-order valence-electron chi connectivity index (χ4n) is 2.12. The molecule has 1 aromatic heterocycles. The van der Waals surface area contributed by atoms with E-state index in [1.54, 1.807) is 18.5 Å². The average Bonchev–Trinajstić information content (AvgIpc) is 2.35. The number of likely N-dealkylation sites (tertiary alicyclic amines) is 1. The molecule has 0 spiro atoms. The van der Waals surface area contributed by atoms with Crippen molar-refractivity contribution in [1.82, 2.24) is 14.9 Å². The van der Waals surface area contributed by atoms with E-state index < -0.39 is 0 Å². The quantitative estimate of drug-likeness (QED) is 0.793. The van der Waals surface area contributed by atoms with E-state index in [9.17, 15) is 4.79 Å². The van der Waals surface area contributed by atoms with Gasteiger partial charge in [-0.3, -0.25) is 15.0 Å². The number of hydrogen-bond acceptors (Lipinski definition) is 5. The van der Waals surface area contributed by atoms with Gasteiger partial charge in [-0.1, -0.05) is 6.92 Å². The Morgan fingerprint density at radius 2 is 2.28 bits per heavy atom. The first-order chi connectivity index (χ1) is 8.65. The number of carbonyl (C=O) groups excluding carboxylic acids is 1. The largest absolute Gasteiger partial charge is 0.327 e. The summed E-state index contributed by atoms with van der Waals surface area (Å²) in [5, 5.41) is 2.68. The second-order valence-corrected chi connectivity index (χ2v) is 4.79. The number of nitrogens with one attached hydrogen (secondary N) is 1. The Kier molecular flexibility index (Phi) is 4.22. The van der Waals surface area contributed by atoms with Gasteiger partial charge >= 0.3 is 0 Å². The second kappa shape index (κ2) is 5.88. The fourth-order valence-corrected chi connectivity index (χ4v) is 2.12. The third-order valence-electron chi connectivity index (χ3n) is 3.24. The molecule has 1 fully saturated rings. The number of hydrogen-bond donors (Lipinski definition) is 2. The molecule has 6 nitrogen and oxygen atoms in total. The summed E-state index contributed by atoms with van der Waals surface area (Å²) in [6, 6.07) is 1.96. The Labute approximate surface area is 107 Å². The summed E-state index contributed by atoms with van der Waals surface area (Å²) < 4.78 is 0. The zero-order valence-electron chi connectivity index (χ0n) is 10.5. The van der Waals surface area contributed by atoms with E-state index in [1.165, 1.54) is 0 Å². The minimum Gasteiger partial charge on any atom is -0.327 e. The Hall–Kier alpha value is -1.53. The highest BCUT2D eigenvalue weighted by Gasteiger charge is 2.24. The van der Waals surface area contributed by atoms with E-state index in [2.05, 4.69) is 27.1 Å². The van der Waals surface area contributed by atoms with Crippen LogP contribution in [0.25, 0.3) is 0 Å². The normalized spacial score (nSPS) is 24.8. The van der Waals surface area contributed by atoms with Crippen LogP contribution in [0.2, 0.25) is 0 Å². The lowest BCUT2D eigenvalue weighted by Crippen LogP contribution is -2.48. The van der Waals surface area contributed by atoms with Crippen molar-refractivity contribution in [3.8, 4) is 0 Å². The Morgan fingerprint density at radius 3 is 2.94 bits per heavy atom. The molecule has 2 heterocycles. The molecule has 2 atom stereocenters. The van der Waals surface area contributed by atoms with Gasteiger partial charge in [-0.05, 0) is 18.4 Å². The Bertz CT molecular complexity index is 397. The zero-order chi connectivity index (χ0) is 13.0. The minimum atomic E-state index is -0.0797. The lowest BCUT2D eigenvalue weighted by Gasteiger charge is -2.34. The molecular formula is C12H19N5O. The molecule has 3 N–H and O–H groups in total. The molecule has 2 unspecified atom stereocenters. The summed E-state index contributed by atoms with van der Waals surface area (Å²) in [5.74, 6) is 0.702. The van der Waals surface area contributed by atoms with Gasteiger partial charge in [0, 0.05) is 31.5 Å². The Balaban J connectivity index is 1.81. The fraction of sp³-hybridized carbons (Fsp3) is 0.583. The maximum Gasteiger partial charge on any atom is 0.240 e. The van der Waals surface area contributed by atoms with Gasteiger partial charge in [-0.25, -0.2) is 9.97 Å². The van der Waals surface area contributed by atoms with Gasteiger partial charge in [0.2, 0.25) is 11.9 Å². The highest BCUT2D eigenvalue weighted by molar-refractivity contribution is 5.90. The molecule has 1 aliphatic heterocycles. The number of amides is 1.